The first-order valence-corrected chi connectivity index (χ1v) is 12.4. The zero-order valence-electron chi connectivity index (χ0n) is 18.7. The molecule has 3 atom stereocenters. The van der Waals surface area contributed by atoms with E-state index in [1.165, 1.54) is 22.0 Å². The number of carbonyl (C=O) groups is 2. The molecule has 0 aliphatic heterocycles. The summed E-state index contributed by atoms with van der Waals surface area (Å²) in [5.41, 5.74) is 1.02. The first-order valence-electron chi connectivity index (χ1n) is 11.2. The number of amides is 2. The van der Waals surface area contributed by atoms with Crippen molar-refractivity contribution in [3.8, 4) is 5.69 Å². The van der Waals surface area contributed by atoms with Gasteiger partial charge in [-0.05, 0) is 68.1 Å². The van der Waals surface area contributed by atoms with Crippen molar-refractivity contribution >= 4 is 34.8 Å². The SMILES string of the molecule is CCOC[C@H]1C[C@H](NC(=O)c2ccc(-n3ccccc3=O)cc2)[C@H](NC(=O)c2ccc(Cl)s2)C1. The van der Waals surface area contributed by atoms with Gasteiger partial charge in [0.25, 0.3) is 17.4 Å². The number of benzene rings is 1. The topological polar surface area (TPSA) is 89.4 Å². The van der Waals surface area contributed by atoms with E-state index in [4.69, 9.17) is 16.3 Å². The van der Waals surface area contributed by atoms with E-state index < -0.39 is 0 Å². The fourth-order valence-corrected chi connectivity index (χ4v) is 5.17. The molecule has 2 N–H and O–H groups in total. The Morgan fingerprint density at radius 1 is 1.03 bits per heavy atom. The van der Waals surface area contributed by atoms with Crippen molar-refractivity contribution < 1.29 is 14.3 Å². The Balaban J connectivity index is 1.45. The largest absolute Gasteiger partial charge is 0.381 e. The Bertz CT molecular complexity index is 1210. The third-order valence-electron chi connectivity index (χ3n) is 5.88. The molecule has 1 fully saturated rings. The minimum atomic E-state index is -0.229. The van der Waals surface area contributed by atoms with Crippen LogP contribution in [0.3, 0.4) is 0 Å². The molecule has 3 aromatic rings. The van der Waals surface area contributed by atoms with Gasteiger partial charge in [0.1, 0.15) is 0 Å². The lowest BCUT2D eigenvalue weighted by molar-refractivity contribution is 0.0894. The van der Waals surface area contributed by atoms with Gasteiger partial charge in [-0.2, -0.15) is 0 Å². The fourth-order valence-electron chi connectivity index (χ4n) is 4.22. The molecule has 178 valence electrons. The molecular formula is C25H26ClN3O4S. The molecule has 1 aliphatic rings. The number of rotatable bonds is 8. The summed E-state index contributed by atoms with van der Waals surface area (Å²) in [6.07, 6.45) is 3.10. The maximum absolute atomic E-state index is 13.0. The number of pyridine rings is 1. The Hall–Kier alpha value is -2.94. The van der Waals surface area contributed by atoms with Gasteiger partial charge in [0.2, 0.25) is 0 Å². The Morgan fingerprint density at radius 3 is 2.35 bits per heavy atom. The zero-order chi connectivity index (χ0) is 24.1. The number of halogens is 1. The molecule has 34 heavy (non-hydrogen) atoms. The lowest BCUT2D eigenvalue weighted by Gasteiger charge is -2.22. The Kier molecular flexibility index (Phi) is 7.82. The minimum Gasteiger partial charge on any atom is -0.381 e. The van der Waals surface area contributed by atoms with Crippen molar-refractivity contribution in [2.24, 2.45) is 5.92 Å². The maximum Gasteiger partial charge on any atom is 0.261 e. The summed E-state index contributed by atoms with van der Waals surface area (Å²) in [5, 5.41) is 6.15. The van der Waals surface area contributed by atoms with Crippen LogP contribution in [0.15, 0.2) is 65.6 Å². The van der Waals surface area contributed by atoms with Crippen LogP contribution in [-0.2, 0) is 4.74 Å². The number of thiophene rings is 1. The van der Waals surface area contributed by atoms with Gasteiger partial charge in [0, 0.05) is 48.8 Å². The van der Waals surface area contributed by atoms with Gasteiger partial charge in [-0.25, -0.2) is 0 Å². The zero-order valence-corrected chi connectivity index (χ0v) is 20.3. The third kappa shape index (κ3) is 5.75. The highest BCUT2D eigenvalue weighted by Gasteiger charge is 2.36. The van der Waals surface area contributed by atoms with Crippen molar-refractivity contribution in [2.75, 3.05) is 13.2 Å². The predicted octanol–water partition coefficient (Wildman–Crippen LogP) is 3.90. The van der Waals surface area contributed by atoms with Gasteiger partial charge < -0.3 is 15.4 Å². The number of nitrogens with zero attached hydrogens (tertiary/aromatic N) is 1. The molecule has 1 saturated carbocycles. The van der Waals surface area contributed by atoms with Gasteiger partial charge in [0.15, 0.2) is 0 Å². The van der Waals surface area contributed by atoms with Crippen LogP contribution in [0.25, 0.3) is 5.69 Å². The van der Waals surface area contributed by atoms with Crippen LogP contribution in [-0.4, -0.2) is 41.7 Å². The second-order valence-electron chi connectivity index (χ2n) is 8.22. The van der Waals surface area contributed by atoms with Gasteiger partial charge in [0.05, 0.1) is 9.21 Å². The van der Waals surface area contributed by atoms with Crippen LogP contribution >= 0.6 is 22.9 Å². The normalized spacial score (nSPS) is 19.6. The van der Waals surface area contributed by atoms with Gasteiger partial charge >= 0.3 is 0 Å². The van der Waals surface area contributed by atoms with Crippen LogP contribution in [0.5, 0.6) is 0 Å². The van der Waals surface area contributed by atoms with Crippen LogP contribution < -0.4 is 16.2 Å². The monoisotopic (exact) mass is 499 g/mol. The lowest BCUT2D eigenvalue weighted by Crippen LogP contribution is -2.48. The quantitative estimate of drug-likeness (QED) is 0.492. The molecular weight excluding hydrogens is 474 g/mol. The number of aromatic nitrogens is 1. The van der Waals surface area contributed by atoms with E-state index >= 15 is 0 Å². The molecule has 2 amide bonds. The summed E-state index contributed by atoms with van der Waals surface area (Å²) < 4.78 is 7.66. The highest BCUT2D eigenvalue weighted by atomic mass is 35.5. The summed E-state index contributed by atoms with van der Waals surface area (Å²) in [7, 11) is 0. The van der Waals surface area contributed by atoms with Crippen LogP contribution in [0.1, 0.15) is 39.8 Å². The third-order valence-corrected chi connectivity index (χ3v) is 7.11. The molecule has 0 unspecified atom stereocenters. The highest BCUT2D eigenvalue weighted by Crippen LogP contribution is 2.28. The van der Waals surface area contributed by atoms with Crippen LogP contribution in [0, 0.1) is 5.92 Å². The van der Waals surface area contributed by atoms with E-state index in [-0.39, 0.29) is 35.4 Å². The first kappa shape index (κ1) is 24.2. The van der Waals surface area contributed by atoms with Crippen molar-refractivity contribution in [1.82, 2.24) is 15.2 Å². The fraction of sp³-hybridized carbons (Fsp3) is 0.320. The second kappa shape index (κ2) is 11.0. The standard InChI is InChI=1S/C25H26ClN3O4S/c1-2-33-15-16-13-19(20(14-16)28-25(32)21-10-11-22(26)34-21)27-24(31)17-6-8-18(9-7-17)29-12-4-3-5-23(29)30/h3-12,16,19-20H,2,13-15H2,1H3,(H,27,31)(H,28,32)/t16-,19-,20+/m0/s1. The van der Waals surface area contributed by atoms with Crippen molar-refractivity contribution in [1.29, 1.82) is 0 Å². The lowest BCUT2D eigenvalue weighted by atomic mass is 10.1. The van der Waals surface area contributed by atoms with E-state index in [1.54, 1.807) is 54.7 Å². The molecule has 0 bridgehead atoms. The van der Waals surface area contributed by atoms with Gasteiger partial charge in [-0.15, -0.1) is 11.3 Å². The van der Waals surface area contributed by atoms with E-state index in [2.05, 4.69) is 10.6 Å². The molecule has 0 radical (unpaired) electrons. The van der Waals surface area contributed by atoms with E-state index in [0.717, 1.165) is 0 Å². The molecule has 0 spiro atoms. The number of hydrogen-bond donors (Lipinski definition) is 2. The number of carbonyl (C=O) groups excluding carboxylic acids is 2. The van der Waals surface area contributed by atoms with Gasteiger partial charge in [-0.1, -0.05) is 17.7 Å². The van der Waals surface area contributed by atoms with E-state index in [1.807, 2.05) is 6.92 Å². The summed E-state index contributed by atoms with van der Waals surface area (Å²) in [4.78, 5) is 38.3. The Labute approximate surface area is 206 Å². The molecule has 7 nitrogen and oxygen atoms in total. The average molecular weight is 500 g/mol. The average Bonchev–Trinajstić information content (AvgIpc) is 3.44. The molecule has 1 aliphatic carbocycles. The summed E-state index contributed by atoms with van der Waals surface area (Å²) in [5.74, 6) is -0.196. The van der Waals surface area contributed by atoms with Crippen LogP contribution in [0.4, 0.5) is 0 Å². The predicted molar refractivity (Wildman–Crippen MR) is 133 cm³/mol. The summed E-state index contributed by atoms with van der Waals surface area (Å²) in [6.45, 7) is 3.15. The molecule has 0 saturated heterocycles. The highest BCUT2D eigenvalue weighted by molar-refractivity contribution is 7.18. The molecule has 2 aromatic heterocycles. The molecule has 4 rings (SSSR count). The number of ether oxygens (including phenoxy) is 1. The number of hydrogen-bond acceptors (Lipinski definition) is 5. The maximum atomic E-state index is 13.0. The van der Waals surface area contributed by atoms with Crippen molar-refractivity contribution in [3.63, 3.8) is 0 Å². The van der Waals surface area contributed by atoms with E-state index in [9.17, 15) is 14.4 Å². The number of nitrogens with one attached hydrogen (secondary N) is 2. The molecule has 2 heterocycles. The first-order chi connectivity index (χ1) is 16.4. The summed E-state index contributed by atoms with van der Waals surface area (Å²) in [6, 6.07) is 14.8. The smallest absolute Gasteiger partial charge is 0.261 e. The van der Waals surface area contributed by atoms with Crippen molar-refractivity contribution in [2.45, 2.75) is 31.8 Å². The van der Waals surface area contributed by atoms with E-state index in [0.29, 0.717) is 46.5 Å². The van der Waals surface area contributed by atoms with Crippen LogP contribution in [0.2, 0.25) is 4.34 Å². The Morgan fingerprint density at radius 2 is 1.74 bits per heavy atom. The second-order valence-corrected chi connectivity index (χ2v) is 9.93. The molecule has 9 heteroatoms. The van der Waals surface area contributed by atoms with Crippen molar-refractivity contribution in [3.05, 3.63) is 85.9 Å². The summed E-state index contributed by atoms with van der Waals surface area (Å²) >= 11 is 7.20. The van der Waals surface area contributed by atoms with Gasteiger partial charge in [-0.3, -0.25) is 19.0 Å². The minimum absolute atomic E-state index is 0.142. The molecule has 1 aromatic carbocycles.